The van der Waals surface area contributed by atoms with Crippen LogP contribution in [0.5, 0.6) is 0 Å². The Morgan fingerprint density at radius 1 is 0.705 bits per heavy atom. The number of hydrogen-bond acceptors (Lipinski definition) is 0. The minimum atomic E-state index is -0.826. The molecule has 0 bridgehead atoms. The fraction of sp³-hybridized carbons (Fsp3) is 0.450. The molecule has 0 aromatic heterocycles. The van der Waals surface area contributed by atoms with Gasteiger partial charge in [-0.25, -0.2) is 0 Å². The van der Waals surface area contributed by atoms with Gasteiger partial charge in [-0.15, -0.1) is 69.1 Å². The van der Waals surface area contributed by atoms with Gasteiger partial charge in [0.2, 0.25) is 0 Å². The summed E-state index contributed by atoms with van der Waals surface area (Å²) in [5.41, 5.74) is 5.67. The summed E-state index contributed by atoms with van der Waals surface area (Å²) in [6.07, 6.45) is 19.0. The van der Waals surface area contributed by atoms with Crippen LogP contribution in [0.2, 0.25) is 13.1 Å². The average Bonchev–Trinajstić information content (AvgIpc) is 3.58. The van der Waals surface area contributed by atoms with Gasteiger partial charge in [0, 0.05) is 9.52 Å². The van der Waals surface area contributed by atoms with Crippen molar-refractivity contribution in [1.29, 1.82) is 0 Å². The Morgan fingerprint density at radius 2 is 1.07 bits per heavy atom. The van der Waals surface area contributed by atoms with Gasteiger partial charge in [-0.05, 0) is 37.5 Å². The maximum absolute atomic E-state index is 4.93. The summed E-state index contributed by atoms with van der Waals surface area (Å²) in [6.45, 7) is 17.9. The molecule has 4 aromatic rings. The second-order valence-corrected chi connectivity index (χ2v) is 17.0. The number of halogens is 2. The van der Waals surface area contributed by atoms with Gasteiger partial charge in [0.1, 0.15) is 0 Å². The molecule has 44 heavy (non-hydrogen) atoms. The van der Waals surface area contributed by atoms with E-state index in [1.165, 1.54) is 95.2 Å². The van der Waals surface area contributed by atoms with E-state index in [0.29, 0.717) is 0 Å². The summed E-state index contributed by atoms with van der Waals surface area (Å²) in [5, 5.41) is 5.58. The molecule has 0 aliphatic carbocycles. The molecular weight excluding hydrogens is 671 g/mol. The normalized spacial score (nSPS) is 11.0. The van der Waals surface area contributed by atoms with E-state index < -0.39 is 20.8 Å². The van der Waals surface area contributed by atoms with Crippen LogP contribution in [-0.4, -0.2) is 9.52 Å². The van der Waals surface area contributed by atoms with Crippen molar-refractivity contribution in [3.63, 3.8) is 0 Å². The summed E-state index contributed by atoms with van der Waals surface area (Å²) in [4.78, 5) is 0. The quantitative estimate of drug-likeness (QED) is 0.0775. The minimum absolute atomic E-state index is 0.723. The van der Waals surface area contributed by atoms with Crippen LogP contribution in [0.4, 0.5) is 0 Å². The summed E-state index contributed by atoms with van der Waals surface area (Å²) >= 11 is -0.826. The molecule has 0 saturated carbocycles. The molecule has 238 valence electrons. The van der Waals surface area contributed by atoms with E-state index in [9.17, 15) is 0 Å². The molecule has 0 unspecified atom stereocenters. The summed E-state index contributed by atoms with van der Waals surface area (Å²) < 4.78 is 0. The first-order chi connectivity index (χ1) is 21.2. The summed E-state index contributed by atoms with van der Waals surface area (Å²) in [7, 11) is 11.0. The zero-order chi connectivity index (χ0) is 32.7. The zero-order valence-electron chi connectivity index (χ0n) is 28.7. The van der Waals surface area contributed by atoms with Crippen molar-refractivity contribution in [2.24, 2.45) is 11.8 Å². The van der Waals surface area contributed by atoms with E-state index in [1.807, 2.05) is 0 Å². The van der Waals surface area contributed by atoms with Crippen LogP contribution in [0.15, 0.2) is 72.8 Å². The molecule has 0 heterocycles. The summed E-state index contributed by atoms with van der Waals surface area (Å²) in [6, 6.07) is 22.7. The standard InChI is InChI=1S/2C19H25.C2H6Si.2ClH.Zr/c2*1-4-5-6-7-9-17-10-8-11-18-13-16(12-15(2)3)14-19(17)18;1-3-2;;;/h2*7-11,13-15H,4-6,12H2,1-3H3;1-2H3;2*1H;/q2*-1;;;;+4/p-2. The number of hydrogen-bond donors (Lipinski definition) is 0. The van der Waals surface area contributed by atoms with Gasteiger partial charge in [-0.1, -0.05) is 128 Å². The second-order valence-electron chi connectivity index (χ2n) is 12.3. The molecule has 0 aliphatic heterocycles. The number of fused-ring (bicyclic) bond motifs is 2. The molecule has 0 saturated heterocycles. The zero-order valence-corrected chi connectivity index (χ0v) is 33.6. The number of allylic oxidation sites excluding steroid dienone is 2. The Morgan fingerprint density at radius 3 is 1.39 bits per heavy atom. The van der Waals surface area contributed by atoms with E-state index >= 15 is 0 Å². The van der Waals surface area contributed by atoms with Crippen molar-refractivity contribution in [2.45, 2.75) is 106 Å². The third kappa shape index (κ3) is 16.4. The first-order valence-electron chi connectivity index (χ1n) is 16.5. The molecule has 0 N–H and O–H groups in total. The second kappa shape index (κ2) is 25.0. The van der Waals surface area contributed by atoms with E-state index in [2.05, 4.69) is 140 Å². The number of rotatable bonds is 12. The molecule has 0 amide bonds. The van der Waals surface area contributed by atoms with Crippen LogP contribution < -0.4 is 0 Å². The monoisotopic (exact) mass is 724 g/mol. The van der Waals surface area contributed by atoms with E-state index in [0.717, 1.165) is 21.4 Å². The van der Waals surface area contributed by atoms with Gasteiger partial charge in [-0.2, -0.15) is 12.1 Å². The van der Waals surface area contributed by atoms with Crippen LogP contribution in [0, 0.1) is 11.8 Å². The molecular formula is C40H56Cl2SiZr. The van der Waals surface area contributed by atoms with Gasteiger partial charge in [-0.3, -0.25) is 0 Å². The Hall–Kier alpha value is -1.18. The van der Waals surface area contributed by atoms with Gasteiger partial charge < -0.3 is 0 Å². The van der Waals surface area contributed by atoms with E-state index in [4.69, 9.17) is 17.0 Å². The third-order valence-corrected chi connectivity index (χ3v) is 7.02. The van der Waals surface area contributed by atoms with E-state index in [-0.39, 0.29) is 0 Å². The fourth-order valence-corrected chi connectivity index (χ4v) is 5.18. The summed E-state index contributed by atoms with van der Waals surface area (Å²) in [5.74, 6) is 1.45. The van der Waals surface area contributed by atoms with Gasteiger partial charge in [0.05, 0.1) is 0 Å². The molecule has 4 aromatic carbocycles. The molecule has 0 fully saturated rings. The van der Waals surface area contributed by atoms with Crippen LogP contribution >= 0.6 is 17.0 Å². The first-order valence-corrected chi connectivity index (χ1v) is 24.8. The maximum atomic E-state index is 4.93. The van der Waals surface area contributed by atoms with Crippen molar-refractivity contribution in [2.75, 3.05) is 0 Å². The Bertz CT molecular complexity index is 1240. The Labute approximate surface area is 291 Å². The molecule has 0 aliphatic rings. The van der Waals surface area contributed by atoms with Crippen LogP contribution in [0.1, 0.15) is 102 Å². The topological polar surface area (TPSA) is 0 Å². The van der Waals surface area contributed by atoms with Crippen molar-refractivity contribution < 1.29 is 20.8 Å². The first kappa shape index (κ1) is 40.8. The molecule has 0 nitrogen and oxygen atoms in total. The molecule has 0 spiro atoms. The molecule has 4 rings (SSSR count). The number of benzene rings is 2. The predicted molar refractivity (Wildman–Crippen MR) is 202 cm³/mol. The fourth-order valence-electron chi connectivity index (χ4n) is 5.18. The SMILES string of the molecule is CCCCC=Cc1cccc2[cH-]c(CC(C)C)cc12.CCCCC=Cc1cccc2[cH-]c(CC(C)C)cc12.C[Si]C.[Cl][Zr+2][Cl]. The van der Waals surface area contributed by atoms with Crippen molar-refractivity contribution in [3.05, 3.63) is 95.1 Å². The molecule has 4 heteroatoms. The van der Waals surface area contributed by atoms with Gasteiger partial charge in [0.25, 0.3) is 0 Å². The van der Waals surface area contributed by atoms with Gasteiger partial charge >= 0.3 is 37.9 Å². The average molecular weight is 727 g/mol. The van der Waals surface area contributed by atoms with Crippen molar-refractivity contribution >= 4 is 60.2 Å². The van der Waals surface area contributed by atoms with Crippen LogP contribution in [0.25, 0.3) is 33.7 Å². The predicted octanol–water partition coefficient (Wildman–Crippen LogP) is 14.1. The van der Waals surface area contributed by atoms with Crippen LogP contribution in [-0.2, 0) is 33.7 Å². The molecule has 2 radical (unpaired) electrons. The van der Waals surface area contributed by atoms with Crippen molar-refractivity contribution in [3.8, 4) is 0 Å². The van der Waals surface area contributed by atoms with Crippen molar-refractivity contribution in [1.82, 2.24) is 0 Å². The van der Waals surface area contributed by atoms with Gasteiger partial charge in [0.15, 0.2) is 0 Å². The third-order valence-electron chi connectivity index (χ3n) is 7.02. The Kier molecular flexibility index (Phi) is 23.2. The van der Waals surface area contributed by atoms with Crippen LogP contribution in [0.3, 0.4) is 0 Å². The Balaban J connectivity index is 0.000000373. The number of unbranched alkanes of at least 4 members (excludes halogenated alkanes) is 4. The molecule has 0 atom stereocenters. The van der Waals surface area contributed by atoms with E-state index in [1.54, 1.807) is 0 Å².